The van der Waals surface area contributed by atoms with Gasteiger partial charge in [0.15, 0.2) is 0 Å². The Hall–Kier alpha value is -2.75. The van der Waals surface area contributed by atoms with E-state index in [4.69, 9.17) is 0 Å². The van der Waals surface area contributed by atoms with E-state index in [1.54, 1.807) is 12.1 Å². The first-order valence-electron chi connectivity index (χ1n) is 12.3. The van der Waals surface area contributed by atoms with Crippen LogP contribution in [0.4, 0.5) is 4.79 Å². The van der Waals surface area contributed by atoms with Gasteiger partial charge in [-0.05, 0) is 54.0 Å². The topological polar surface area (TPSA) is 90.0 Å². The number of carbonyl (C=O) groups excluding carboxylic acids is 2. The van der Waals surface area contributed by atoms with Crippen molar-refractivity contribution in [1.29, 1.82) is 0 Å². The van der Waals surface area contributed by atoms with Crippen LogP contribution in [0.3, 0.4) is 0 Å². The highest BCUT2D eigenvalue weighted by atomic mass is 32.2. The standard InChI is InChI=1S/C26H32N4O4S/c1-3-19(2)20-8-10-22(11-9-20)35(33,34)29-16-14-28(15-17-29)18-30-24(31)26(27-25(30)32)13-12-21-6-4-5-7-23(21)26/h4-11,19H,3,12-18H2,1-2H3,(H,27,32). The predicted molar refractivity (Wildman–Crippen MR) is 132 cm³/mol. The van der Waals surface area contributed by atoms with Crippen molar-refractivity contribution in [2.75, 3.05) is 32.8 Å². The van der Waals surface area contributed by atoms with Crippen molar-refractivity contribution in [3.8, 4) is 0 Å². The van der Waals surface area contributed by atoms with Crippen LogP contribution < -0.4 is 5.32 Å². The zero-order valence-corrected chi connectivity index (χ0v) is 21.1. The molecule has 2 atom stereocenters. The second-order valence-corrected chi connectivity index (χ2v) is 11.7. The van der Waals surface area contributed by atoms with Crippen LogP contribution in [0, 0.1) is 0 Å². The highest BCUT2D eigenvalue weighted by molar-refractivity contribution is 7.89. The lowest BCUT2D eigenvalue weighted by atomic mass is 9.92. The molecule has 1 aliphatic carbocycles. The number of rotatable bonds is 6. The number of piperazine rings is 1. The summed E-state index contributed by atoms with van der Waals surface area (Å²) in [4.78, 5) is 29.7. The van der Waals surface area contributed by atoms with E-state index in [1.165, 1.54) is 9.21 Å². The van der Waals surface area contributed by atoms with Crippen LogP contribution in [0.1, 0.15) is 49.3 Å². The molecule has 3 amide bonds. The fourth-order valence-electron chi connectivity index (χ4n) is 5.38. The molecule has 8 nitrogen and oxygen atoms in total. The number of aryl methyl sites for hydroxylation is 1. The maximum Gasteiger partial charge on any atom is 0.326 e. The van der Waals surface area contributed by atoms with Crippen molar-refractivity contribution in [3.05, 3.63) is 65.2 Å². The molecule has 1 spiro atoms. The van der Waals surface area contributed by atoms with Crippen molar-refractivity contribution in [3.63, 3.8) is 0 Å². The molecular weight excluding hydrogens is 464 g/mol. The summed E-state index contributed by atoms with van der Waals surface area (Å²) in [6, 6.07) is 14.5. The van der Waals surface area contributed by atoms with Gasteiger partial charge in [0.25, 0.3) is 5.91 Å². The maximum atomic E-state index is 13.4. The molecule has 2 unspecified atom stereocenters. The van der Waals surface area contributed by atoms with Crippen LogP contribution in [-0.4, -0.2) is 67.3 Å². The number of sulfonamides is 1. The fourth-order valence-corrected chi connectivity index (χ4v) is 6.80. The van der Waals surface area contributed by atoms with Gasteiger partial charge in [0.2, 0.25) is 10.0 Å². The third-order valence-corrected chi connectivity index (χ3v) is 9.71. The van der Waals surface area contributed by atoms with Gasteiger partial charge >= 0.3 is 6.03 Å². The number of carbonyl (C=O) groups is 2. The molecule has 0 aromatic heterocycles. The minimum atomic E-state index is -3.59. The minimum Gasteiger partial charge on any atom is -0.319 e. The summed E-state index contributed by atoms with van der Waals surface area (Å²) in [5.41, 5.74) is 2.14. The zero-order chi connectivity index (χ0) is 24.8. The molecule has 2 aromatic carbocycles. The van der Waals surface area contributed by atoms with Gasteiger partial charge in [-0.15, -0.1) is 0 Å². The molecule has 35 heavy (non-hydrogen) atoms. The largest absolute Gasteiger partial charge is 0.326 e. The average molecular weight is 497 g/mol. The summed E-state index contributed by atoms with van der Waals surface area (Å²) >= 11 is 0. The summed E-state index contributed by atoms with van der Waals surface area (Å²) in [5.74, 6) is 0.168. The van der Waals surface area contributed by atoms with Crippen LogP contribution in [-0.2, 0) is 26.8 Å². The maximum absolute atomic E-state index is 13.4. The number of imide groups is 1. The van der Waals surface area contributed by atoms with Crippen molar-refractivity contribution in [2.24, 2.45) is 0 Å². The smallest absolute Gasteiger partial charge is 0.319 e. The molecular formula is C26H32N4O4S. The Morgan fingerprint density at radius 2 is 1.69 bits per heavy atom. The molecule has 9 heteroatoms. The zero-order valence-electron chi connectivity index (χ0n) is 20.2. The summed E-state index contributed by atoms with van der Waals surface area (Å²) in [6.07, 6.45) is 2.32. The number of hydrogen-bond donors (Lipinski definition) is 1. The summed E-state index contributed by atoms with van der Waals surface area (Å²) in [6.45, 7) is 5.92. The van der Waals surface area contributed by atoms with Gasteiger partial charge in [0.1, 0.15) is 5.54 Å². The Labute approximate surface area is 206 Å². The van der Waals surface area contributed by atoms with E-state index in [2.05, 4.69) is 19.2 Å². The monoisotopic (exact) mass is 496 g/mol. The number of amides is 3. The molecule has 2 heterocycles. The van der Waals surface area contributed by atoms with E-state index in [1.807, 2.05) is 41.3 Å². The number of fused-ring (bicyclic) bond motifs is 2. The predicted octanol–water partition coefficient (Wildman–Crippen LogP) is 2.86. The SMILES string of the molecule is CCC(C)c1ccc(S(=O)(=O)N2CCN(CN3C(=O)NC4(CCc5ccccc54)C3=O)CC2)cc1. The van der Waals surface area contributed by atoms with Crippen LogP contribution >= 0.6 is 0 Å². The highest BCUT2D eigenvalue weighted by Gasteiger charge is 2.55. The van der Waals surface area contributed by atoms with Crippen molar-refractivity contribution >= 4 is 22.0 Å². The van der Waals surface area contributed by atoms with Gasteiger partial charge < -0.3 is 5.32 Å². The molecule has 0 bridgehead atoms. The molecule has 3 aliphatic rings. The van der Waals surface area contributed by atoms with E-state index in [0.29, 0.717) is 43.4 Å². The van der Waals surface area contributed by atoms with E-state index in [0.717, 1.165) is 29.5 Å². The lowest BCUT2D eigenvalue weighted by molar-refractivity contribution is -0.133. The second kappa shape index (κ2) is 9.04. The summed E-state index contributed by atoms with van der Waals surface area (Å²) in [5, 5.41) is 2.95. The van der Waals surface area contributed by atoms with Crippen LogP contribution in [0.5, 0.6) is 0 Å². The van der Waals surface area contributed by atoms with E-state index < -0.39 is 15.6 Å². The van der Waals surface area contributed by atoms with E-state index >= 15 is 0 Å². The molecule has 0 radical (unpaired) electrons. The molecule has 2 saturated heterocycles. The number of benzene rings is 2. The van der Waals surface area contributed by atoms with Crippen molar-refractivity contribution in [1.82, 2.24) is 19.4 Å². The molecule has 1 N–H and O–H groups in total. The average Bonchev–Trinajstić information content (AvgIpc) is 3.36. The first-order valence-corrected chi connectivity index (χ1v) is 13.8. The van der Waals surface area contributed by atoms with Crippen molar-refractivity contribution < 1.29 is 18.0 Å². The van der Waals surface area contributed by atoms with Gasteiger partial charge in [-0.3, -0.25) is 9.69 Å². The second-order valence-electron chi connectivity index (χ2n) is 9.77. The van der Waals surface area contributed by atoms with Gasteiger partial charge in [-0.25, -0.2) is 18.1 Å². The number of nitrogens with zero attached hydrogens (tertiary/aromatic N) is 3. The van der Waals surface area contributed by atoms with Crippen LogP contribution in [0.2, 0.25) is 0 Å². The molecule has 2 fully saturated rings. The normalized spacial score (nSPS) is 24.1. The van der Waals surface area contributed by atoms with Gasteiger partial charge in [0.05, 0.1) is 11.6 Å². The molecule has 2 aromatic rings. The Balaban J connectivity index is 1.23. The molecule has 0 saturated carbocycles. The third-order valence-electron chi connectivity index (χ3n) is 7.79. The van der Waals surface area contributed by atoms with Gasteiger partial charge in [0, 0.05) is 26.2 Å². The quantitative estimate of drug-likeness (QED) is 0.621. The molecule has 186 valence electrons. The fraction of sp³-hybridized carbons (Fsp3) is 0.462. The van der Waals surface area contributed by atoms with Gasteiger partial charge in [-0.2, -0.15) is 4.31 Å². The number of urea groups is 1. The Bertz CT molecular complexity index is 1240. The van der Waals surface area contributed by atoms with Crippen molar-refractivity contribution in [2.45, 2.75) is 49.5 Å². The Morgan fingerprint density at radius 3 is 2.37 bits per heavy atom. The first kappa shape index (κ1) is 24.0. The van der Waals surface area contributed by atoms with E-state index in [-0.39, 0.29) is 18.6 Å². The van der Waals surface area contributed by atoms with Gasteiger partial charge in [-0.1, -0.05) is 50.2 Å². The summed E-state index contributed by atoms with van der Waals surface area (Å²) < 4.78 is 27.8. The summed E-state index contributed by atoms with van der Waals surface area (Å²) in [7, 11) is -3.59. The molecule has 2 aliphatic heterocycles. The number of hydrogen-bond acceptors (Lipinski definition) is 5. The molecule has 5 rings (SSSR count). The minimum absolute atomic E-state index is 0.159. The lowest BCUT2D eigenvalue weighted by Gasteiger charge is -2.35. The third kappa shape index (κ3) is 4.05. The van der Waals surface area contributed by atoms with Crippen LogP contribution in [0.15, 0.2) is 53.4 Å². The van der Waals surface area contributed by atoms with Crippen LogP contribution in [0.25, 0.3) is 0 Å². The number of nitrogens with one attached hydrogen (secondary N) is 1. The first-order chi connectivity index (χ1) is 16.8. The Morgan fingerprint density at radius 1 is 1.00 bits per heavy atom. The highest BCUT2D eigenvalue weighted by Crippen LogP contribution is 2.41. The Kier molecular flexibility index (Phi) is 6.19. The van der Waals surface area contributed by atoms with E-state index in [9.17, 15) is 18.0 Å². The lowest BCUT2D eigenvalue weighted by Crippen LogP contribution is -2.52.